The fourth-order valence-electron chi connectivity index (χ4n) is 3.05. The van der Waals surface area contributed by atoms with Gasteiger partial charge in [-0.1, -0.05) is 41.9 Å². The van der Waals surface area contributed by atoms with Crippen LogP contribution in [0.25, 0.3) is 5.65 Å². The first-order valence-electron chi connectivity index (χ1n) is 9.78. The second kappa shape index (κ2) is 8.91. The molecule has 0 bridgehead atoms. The lowest BCUT2D eigenvalue weighted by Crippen LogP contribution is -2.28. The second-order valence-electron chi connectivity index (χ2n) is 7.36. The lowest BCUT2D eigenvalue weighted by atomic mass is 10.0. The van der Waals surface area contributed by atoms with E-state index < -0.39 is 24.0 Å². The molecule has 4 aromatic rings. The lowest BCUT2D eigenvalue weighted by Gasteiger charge is -2.08. The maximum atomic E-state index is 14.0. The number of halogens is 2. The van der Waals surface area contributed by atoms with Crippen molar-refractivity contribution in [2.24, 2.45) is 0 Å². The molecule has 0 saturated heterocycles. The Kier molecular flexibility index (Phi) is 6.04. The van der Waals surface area contributed by atoms with Gasteiger partial charge in [0.15, 0.2) is 0 Å². The number of carbonyl (C=O) groups is 1. The third kappa shape index (κ3) is 4.54. The molecule has 2 aromatic carbocycles. The molecule has 0 atom stereocenters. The van der Waals surface area contributed by atoms with E-state index in [1.807, 2.05) is 24.3 Å². The molecule has 0 radical (unpaired) electrons. The molecule has 1 amide bonds. The molecule has 0 aliphatic carbocycles. The fourth-order valence-corrected chi connectivity index (χ4v) is 3.38. The van der Waals surface area contributed by atoms with Crippen molar-refractivity contribution >= 4 is 33.2 Å². The Hall–Kier alpha value is -3.53. The van der Waals surface area contributed by atoms with Crippen LogP contribution in [0.4, 0.5) is 10.1 Å². The number of nitrogens with zero attached hydrogens (tertiary/aromatic N) is 4. The number of fused-ring (bicyclic) bond motifs is 1. The van der Waals surface area contributed by atoms with Crippen molar-refractivity contribution in [3.8, 4) is 11.6 Å². The summed E-state index contributed by atoms with van der Waals surface area (Å²) in [4.78, 5) is 29.2. The number of ether oxygens (including phenoxy) is 1. The molecule has 0 aliphatic rings. The van der Waals surface area contributed by atoms with Gasteiger partial charge in [-0.05, 0) is 41.8 Å². The van der Waals surface area contributed by atoms with E-state index in [1.165, 1.54) is 28.9 Å². The Balaban J connectivity index is 1.57. The SMILES string of the molecule is CC(C)c1ccc(Oc2nccn3c(=O)n(CC(=O)Nc4ccc(Br)cc4F)nc23)cc1. The highest BCUT2D eigenvalue weighted by atomic mass is 79.9. The summed E-state index contributed by atoms with van der Waals surface area (Å²) in [5.74, 6) is -0.146. The van der Waals surface area contributed by atoms with E-state index in [9.17, 15) is 14.0 Å². The Labute approximate surface area is 190 Å². The number of carbonyl (C=O) groups excluding carboxylic acids is 1. The predicted molar refractivity (Wildman–Crippen MR) is 121 cm³/mol. The quantitative estimate of drug-likeness (QED) is 0.425. The summed E-state index contributed by atoms with van der Waals surface area (Å²) in [6.07, 6.45) is 2.84. The average Bonchev–Trinajstić information content (AvgIpc) is 3.07. The van der Waals surface area contributed by atoms with Gasteiger partial charge in [-0.2, -0.15) is 0 Å². The summed E-state index contributed by atoms with van der Waals surface area (Å²) in [5.41, 5.74) is 0.782. The molecule has 0 unspecified atom stereocenters. The maximum absolute atomic E-state index is 14.0. The molecular weight excluding hydrogens is 481 g/mol. The minimum atomic E-state index is -0.601. The van der Waals surface area contributed by atoms with Crippen molar-refractivity contribution in [1.29, 1.82) is 0 Å². The van der Waals surface area contributed by atoms with Gasteiger partial charge in [0.05, 0.1) is 5.69 Å². The van der Waals surface area contributed by atoms with E-state index in [4.69, 9.17) is 4.74 Å². The first kappa shape index (κ1) is 21.7. The average molecular weight is 500 g/mol. The van der Waals surface area contributed by atoms with Crippen molar-refractivity contribution in [3.63, 3.8) is 0 Å². The summed E-state index contributed by atoms with van der Waals surface area (Å²) in [7, 11) is 0. The molecule has 32 heavy (non-hydrogen) atoms. The first-order valence-corrected chi connectivity index (χ1v) is 10.6. The van der Waals surface area contributed by atoms with Crippen molar-refractivity contribution in [2.75, 3.05) is 5.32 Å². The molecule has 0 aliphatic heterocycles. The van der Waals surface area contributed by atoms with Crippen molar-refractivity contribution < 1.29 is 13.9 Å². The van der Waals surface area contributed by atoms with Gasteiger partial charge in [-0.15, -0.1) is 5.10 Å². The molecular formula is C22H19BrFN5O3. The predicted octanol–water partition coefficient (Wildman–Crippen LogP) is 4.35. The van der Waals surface area contributed by atoms with Gasteiger partial charge in [0, 0.05) is 16.9 Å². The maximum Gasteiger partial charge on any atom is 0.351 e. The molecule has 10 heteroatoms. The number of hydrogen-bond acceptors (Lipinski definition) is 5. The summed E-state index contributed by atoms with van der Waals surface area (Å²) in [6, 6.07) is 11.8. The van der Waals surface area contributed by atoms with Crippen LogP contribution in [0.5, 0.6) is 11.6 Å². The molecule has 1 N–H and O–H groups in total. The summed E-state index contributed by atoms with van der Waals surface area (Å²) >= 11 is 3.16. The number of amides is 1. The molecule has 0 fully saturated rings. The van der Waals surface area contributed by atoms with Gasteiger partial charge in [0.25, 0.3) is 5.88 Å². The lowest BCUT2D eigenvalue weighted by molar-refractivity contribution is -0.117. The number of aromatic nitrogens is 4. The van der Waals surface area contributed by atoms with Crippen LogP contribution in [0.1, 0.15) is 25.3 Å². The van der Waals surface area contributed by atoms with Crippen molar-refractivity contribution in [1.82, 2.24) is 19.2 Å². The first-order chi connectivity index (χ1) is 15.3. The van der Waals surface area contributed by atoms with Gasteiger partial charge in [-0.3, -0.25) is 4.79 Å². The Morgan fingerprint density at radius 1 is 1.22 bits per heavy atom. The van der Waals surface area contributed by atoms with Crippen molar-refractivity contribution in [3.05, 3.63) is 81.2 Å². The molecule has 8 nitrogen and oxygen atoms in total. The van der Waals surface area contributed by atoms with E-state index in [1.54, 1.807) is 6.07 Å². The van der Waals surface area contributed by atoms with Gasteiger partial charge in [-0.25, -0.2) is 23.3 Å². The molecule has 2 aromatic heterocycles. The van der Waals surface area contributed by atoms with Crippen LogP contribution < -0.4 is 15.7 Å². The largest absolute Gasteiger partial charge is 0.436 e. The van der Waals surface area contributed by atoms with Crippen molar-refractivity contribution in [2.45, 2.75) is 26.3 Å². The van der Waals surface area contributed by atoms with Crippen LogP contribution in [0, 0.1) is 5.82 Å². The normalized spacial score (nSPS) is 11.2. The minimum absolute atomic E-state index is 0.00514. The Morgan fingerprint density at radius 3 is 2.66 bits per heavy atom. The molecule has 0 saturated carbocycles. The minimum Gasteiger partial charge on any atom is -0.436 e. The summed E-state index contributed by atoms with van der Waals surface area (Å²) in [5, 5.41) is 6.63. The van der Waals surface area contributed by atoms with E-state index in [0.717, 1.165) is 10.2 Å². The highest BCUT2D eigenvalue weighted by molar-refractivity contribution is 9.10. The van der Waals surface area contributed by atoms with Crippen LogP contribution >= 0.6 is 15.9 Å². The number of benzene rings is 2. The van der Waals surface area contributed by atoms with Crippen LogP contribution in [0.15, 0.2) is 64.1 Å². The monoisotopic (exact) mass is 499 g/mol. The molecule has 2 heterocycles. The molecule has 0 spiro atoms. The van der Waals surface area contributed by atoms with Gasteiger partial charge < -0.3 is 10.1 Å². The van der Waals surface area contributed by atoms with E-state index in [0.29, 0.717) is 16.1 Å². The number of anilines is 1. The zero-order valence-corrected chi connectivity index (χ0v) is 18.8. The van der Waals surface area contributed by atoms with Crippen LogP contribution in [0.3, 0.4) is 0 Å². The molecule has 4 rings (SSSR count). The topological polar surface area (TPSA) is 90.5 Å². The molecule has 164 valence electrons. The number of hydrogen-bond donors (Lipinski definition) is 1. The van der Waals surface area contributed by atoms with Gasteiger partial charge in [0.2, 0.25) is 11.6 Å². The standard InChI is InChI=1S/C22H19BrFN5O3/c1-13(2)14-3-6-16(7-4-14)32-21-20-27-29(22(31)28(20)10-9-25-21)12-19(30)26-18-8-5-15(23)11-17(18)24/h3-11,13H,12H2,1-2H3,(H,26,30). The highest BCUT2D eigenvalue weighted by Crippen LogP contribution is 2.24. The van der Waals surface area contributed by atoms with Crippen LogP contribution in [-0.2, 0) is 11.3 Å². The van der Waals surface area contributed by atoms with Gasteiger partial charge >= 0.3 is 5.69 Å². The van der Waals surface area contributed by atoms with Gasteiger partial charge in [0.1, 0.15) is 18.1 Å². The smallest absolute Gasteiger partial charge is 0.351 e. The zero-order valence-electron chi connectivity index (χ0n) is 17.3. The highest BCUT2D eigenvalue weighted by Gasteiger charge is 2.16. The second-order valence-corrected chi connectivity index (χ2v) is 8.28. The Bertz CT molecular complexity index is 1350. The fraction of sp³-hybridized carbons (Fsp3) is 0.182. The van der Waals surface area contributed by atoms with E-state index >= 15 is 0 Å². The third-order valence-electron chi connectivity index (χ3n) is 4.73. The third-order valence-corrected chi connectivity index (χ3v) is 5.22. The van der Waals surface area contributed by atoms with E-state index in [2.05, 4.69) is 45.2 Å². The van der Waals surface area contributed by atoms with Crippen LogP contribution in [-0.4, -0.2) is 25.1 Å². The summed E-state index contributed by atoms with van der Waals surface area (Å²) < 4.78 is 22.5. The zero-order chi connectivity index (χ0) is 22.8. The van der Waals surface area contributed by atoms with Crippen LogP contribution in [0.2, 0.25) is 0 Å². The van der Waals surface area contributed by atoms with E-state index in [-0.39, 0.29) is 17.2 Å². The number of rotatable bonds is 6. The number of nitrogens with one attached hydrogen (secondary N) is 1. The summed E-state index contributed by atoms with van der Waals surface area (Å²) in [6.45, 7) is 3.79. The Morgan fingerprint density at radius 2 is 1.97 bits per heavy atom.